The van der Waals surface area contributed by atoms with Crippen LogP contribution in [-0.2, 0) is 0 Å². The predicted octanol–water partition coefficient (Wildman–Crippen LogP) is 3.00. The van der Waals surface area contributed by atoms with Gasteiger partial charge in [0.15, 0.2) is 0 Å². The molecule has 0 fully saturated rings. The second-order valence-electron chi connectivity index (χ2n) is 2.06. The van der Waals surface area contributed by atoms with Crippen LogP contribution < -0.4 is 0 Å². The summed E-state index contributed by atoms with van der Waals surface area (Å²) in [4.78, 5) is 0. The van der Waals surface area contributed by atoms with Crippen LogP contribution >= 0.6 is 0 Å². The van der Waals surface area contributed by atoms with Gasteiger partial charge in [-0.25, -0.2) is 8.78 Å². The quantitative estimate of drug-likeness (QED) is 0.518. The molecule has 0 unspecified atom stereocenters. The summed E-state index contributed by atoms with van der Waals surface area (Å²) in [6.07, 6.45) is -0.0835. The van der Waals surface area contributed by atoms with E-state index in [0.717, 1.165) is 12.8 Å². The number of alkyl halides is 2. The van der Waals surface area contributed by atoms with Crippen LogP contribution in [0.5, 0.6) is 0 Å². The highest BCUT2D eigenvalue weighted by Gasteiger charge is 2.05. The van der Waals surface area contributed by atoms with Gasteiger partial charge >= 0.3 is 0 Å². The number of rotatable bonds is 4. The largest absolute Gasteiger partial charge is 0.259 e. The summed E-state index contributed by atoms with van der Waals surface area (Å²) in [6, 6.07) is 0. The molecule has 0 aromatic rings. The Balaban J connectivity index is 3.28. The number of halogens is 2. The maximum atomic E-state index is 11.7. The van der Waals surface area contributed by atoms with E-state index in [1.54, 1.807) is 0 Å². The summed E-state index contributed by atoms with van der Waals surface area (Å²) in [6.45, 7) is 5.21. The Morgan fingerprint density at radius 3 is 2.44 bits per heavy atom. The summed E-state index contributed by atoms with van der Waals surface area (Å²) >= 11 is 0. The van der Waals surface area contributed by atoms with Gasteiger partial charge < -0.3 is 0 Å². The average molecular weight is 134 g/mol. The first-order valence-corrected chi connectivity index (χ1v) is 3.14. The van der Waals surface area contributed by atoms with E-state index in [-0.39, 0.29) is 5.57 Å². The molecule has 0 nitrogen and oxygen atoms in total. The van der Waals surface area contributed by atoms with Crippen molar-refractivity contribution in [3.63, 3.8) is 0 Å². The smallest absolute Gasteiger partial charge is 0.205 e. The van der Waals surface area contributed by atoms with Crippen molar-refractivity contribution in [1.82, 2.24) is 0 Å². The fraction of sp³-hybridized carbons (Fsp3) is 0.714. The molecule has 0 aliphatic rings. The molecule has 0 bridgehead atoms. The predicted molar refractivity (Wildman–Crippen MR) is 34.7 cm³/mol. The van der Waals surface area contributed by atoms with Gasteiger partial charge in [0.25, 0.3) is 6.43 Å². The second-order valence-corrected chi connectivity index (χ2v) is 2.06. The van der Waals surface area contributed by atoms with E-state index in [2.05, 4.69) is 6.58 Å². The highest BCUT2D eigenvalue weighted by Crippen LogP contribution is 2.12. The molecule has 0 N–H and O–H groups in total. The van der Waals surface area contributed by atoms with Crippen molar-refractivity contribution >= 4 is 0 Å². The van der Waals surface area contributed by atoms with Crippen molar-refractivity contribution in [2.24, 2.45) is 0 Å². The molecule has 0 spiro atoms. The first-order chi connectivity index (χ1) is 4.18. The van der Waals surface area contributed by atoms with Crippen LogP contribution in [0.15, 0.2) is 12.2 Å². The zero-order chi connectivity index (χ0) is 7.28. The molecule has 9 heavy (non-hydrogen) atoms. The molecular formula is C7H12F2. The molecule has 0 radical (unpaired) electrons. The van der Waals surface area contributed by atoms with Crippen LogP contribution in [0.4, 0.5) is 8.78 Å². The van der Waals surface area contributed by atoms with E-state index >= 15 is 0 Å². The molecule has 0 aromatic heterocycles. The van der Waals surface area contributed by atoms with Crippen LogP contribution in [0.2, 0.25) is 0 Å². The van der Waals surface area contributed by atoms with Crippen LogP contribution in [-0.4, -0.2) is 6.43 Å². The first kappa shape index (κ1) is 8.60. The van der Waals surface area contributed by atoms with E-state index in [1.165, 1.54) is 0 Å². The lowest BCUT2D eigenvalue weighted by Crippen LogP contribution is -1.93. The van der Waals surface area contributed by atoms with E-state index in [0.29, 0.717) is 6.42 Å². The van der Waals surface area contributed by atoms with Gasteiger partial charge in [0.2, 0.25) is 0 Å². The lowest BCUT2D eigenvalue weighted by molar-refractivity contribution is 0.185. The molecule has 0 atom stereocenters. The minimum Gasteiger partial charge on any atom is -0.205 e. The highest BCUT2D eigenvalue weighted by molar-refractivity contribution is 4.96. The lowest BCUT2D eigenvalue weighted by Gasteiger charge is -2.00. The van der Waals surface area contributed by atoms with Crippen molar-refractivity contribution in [2.75, 3.05) is 0 Å². The zero-order valence-electron chi connectivity index (χ0n) is 5.66. The van der Waals surface area contributed by atoms with E-state index in [4.69, 9.17) is 0 Å². The van der Waals surface area contributed by atoms with E-state index < -0.39 is 6.43 Å². The molecule has 0 heterocycles. The minimum absolute atomic E-state index is 0.0665. The summed E-state index contributed by atoms with van der Waals surface area (Å²) in [5.41, 5.74) is 0.0665. The molecule has 0 aliphatic carbocycles. The Labute approximate surface area is 54.6 Å². The maximum absolute atomic E-state index is 11.7. The average Bonchev–Trinajstić information content (AvgIpc) is 1.82. The molecule has 0 aliphatic heterocycles. The van der Waals surface area contributed by atoms with Gasteiger partial charge in [-0.05, 0) is 18.4 Å². The summed E-state index contributed by atoms with van der Waals surface area (Å²) in [7, 11) is 0. The van der Waals surface area contributed by atoms with Crippen LogP contribution in [0.25, 0.3) is 0 Å². The Bertz CT molecular complexity index is 86.9. The van der Waals surface area contributed by atoms with Gasteiger partial charge in [0.05, 0.1) is 0 Å². The highest BCUT2D eigenvalue weighted by atomic mass is 19.3. The van der Waals surface area contributed by atoms with Crippen molar-refractivity contribution < 1.29 is 8.78 Å². The number of hydrogen-bond donors (Lipinski definition) is 0. The van der Waals surface area contributed by atoms with E-state index in [1.807, 2.05) is 6.92 Å². The van der Waals surface area contributed by atoms with Gasteiger partial charge in [0, 0.05) is 0 Å². The molecule has 0 rings (SSSR count). The van der Waals surface area contributed by atoms with Crippen molar-refractivity contribution in [3.8, 4) is 0 Å². The number of allylic oxidation sites excluding steroid dienone is 1. The SMILES string of the molecule is C=C(CCCC)C(F)F. The Hall–Kier alpha value is -0.400. The van der Waals surface area contributed by atoms with Crippen LogP contribution in [0.1, 0.15) is 26.2 Å². The summed E-state index contributed by atoms with van der Waals surface area (Å²) < 4.78 is 23.3. The fourth-order valence-electron chi connectivity index (χ4n) is 0.513. The monoisotopic (exact) mass is 134 g/mol. The Morgan fingerprint density at radius 1 is 1.56 bits per heavy atom. The molecular weight excluding hydrogens is 122 g/mol. The molecule has 2 heteroatoms. The van der Waals surface area contributed by atoms with Crippen LogP contribution in [0.3, 0.4) is 0 Å². The number of hydrogen-bond acceptors (Lipinski definition) is 0. The van der Waals surface area contributed by atoms with Gasteiger partial charge in [-0.1, -0.05) is 19.9 Å². The normalized spacial score (nSPS) is 10.2. The molecule has 0 saturated heterocycles. The third-order valence-corrected chi connectivity index (χ3v) is 1.16. The van der Waals surface area contributed by atoms with Crippen molar-refractivity contribution in [3.05, 3.63) is 12.2 Å². The lowest BCUT2D eigenvalue weighted by atomic mass is 10.1. The van der Waals surface area contributed by atoms with Gasteiger partial charge in [-0.15, -0.1) is 0 Å². The second kappa shape index (κ2) is 4.48. The third-order valence-electron chi connectivity index (χ3n) is 1.16. The molecule has 0 amide bonds. The van der Waals surface area contributed by atoms with Crippen molar-refractivity contribution in [2.45, 2.75) is 32.6 Å². The van der Waals surface area contributed by atoms with Crippen molar-refractivity contribution in [1.29, 1.82) is 0 Å². The standard InChI is InChI=1S/C7H12F2/c1-3-4-5-6(2)7(8)9/h7H,2-5H2,1H3. The van der Waals surface area contributed by atoms with Gasteiger partial charge in [-0.3, -0.25) is 0 Å². The Kier molecular flexibility index (Phi) is 4.28. The third kappa shape index (κ3) is 4.13. The fourth-order valence-corrected chi connectivity index (χ4v) is 0.513. The molecule has 0 aromatic carbocycles. The van der Waals surface area contributed by atoms with Gasteiger partial charge in [0.1, 0.15) is 0 Å². The van der Waals surface area contributed by atoms with E-state index in [9.17, 15) is 8.78 Å². The summed E-state index contributed by atoms with van der Waals surface area (Å²) in [5, 5.41) is 0. The maximum Gasteiger partial charge on any atom is 0.259 e. The Morgan fingerprint density at radius 2 is 2.11 bits per heavy atom. The molecule has 54 valence electrons. The first-order valence-electron chi connectivity index (χ1n) is 3.14. The molecule has 0 saturated carbocycles. The van der Waals surface area contributed by atoms with Crippen LogP contribution in [0, 0.1) is 0 Å². The topological polar surface area (TPSA) is 0 Å². The summed E-state index contributed by atoms with van der Waals surface area (Å²) in [5.74, 6) is 0. The number of unbranched alkanes of at least 4 members (excludes halogenated alkanes) is 1. The minimum atomic E-state index is -2.32. The van der Waals surface area contributed by atoms with Gasteiger partial charge in [-0.2, -0.15) is 0 Å². The zero-order valence-corrected chi connectivity index (χ0v) is 5.66.